The molecule has 0 aromatic carbocycles. The molecule has 0 aliphatic carbocycles. The van der Waals surface area contributed by atoms with Crippen molar-refractivity contribution in [1.82, 2.24) is 10.3 Å². The molecule has 1 atom stereocenters. The van der Waals surface area contributed by atoms with Crippen molar-refractivity contribution in [1.29, 1.82) is 0 Å². The Morgan fingerprint density at radius 1 is 1.42 bits per heavy atom. The van der Waals surface area contributed by atoms with Crippen molar-refractivity contribution in [3.63, 3.8) is 0 Å². The van der Waals surface area contributed by atoms with Gasteiger partial charge in [0.05, 0.1) is 0 Å². The first-order valence-electron chi connectivity index (χ1n) is 6.96. The highest BCUT2D eigenvalue weighted by molar-refractivity contribution is 7.99. The number of nitrogens with one attached hydrogen (secondary N) is 1. The molecule has 0 amide bonds. The summed E-state index contributed by atoms with van der Waals surface area (Å²) in [5.74, 6) is 3.60. The van der Waals surface area contributed by atoms with Gasteiger partial charge in [-0.05, 0) is 44.6 Å². The van der Waals surface area contributed by atoms with Crippen molar-refractivity contribution in [3.05, 3.63) is 23.9 Å². The van der Waals surface area contributed by atoms with Crippen molar-refractivity contribution < 1.29 is 0 Å². The van der Waals surface area contributed by atoms with Crippen LogP contribution >= 0.6 is 11.8 Å². The van der Waals surface area contributed by atoms with E-state index in [-0.39, 0.29) is 5.54 Å². The lowest BCUT2D eigenvalue weighted by atomic mass is 10.1. The van der Waals surface area contributed by atoms with Gasteiger partial charge in [0.15, 0.2) is 0 Å². The molecule has 1 aromatic rings. The summed E-state index contributed by atoms with van der Waals surface area (Å²) in [4.78, 5) is 6.92. The Labute approximate surface area is 121 Å². The van der Waals surface area contributed by atoms with Gasteiger partial charge in [0.2, 0.25) is 0 Å². The molecule has 1 saturated heterocycles. The van der Waals surface area contributed by atoms with Gasteiger partial charge in [0.1, 0.15) is 5.82 Å². The SMILES string of the molecule is CN(c1ccc(CNC(C)(C)C)cn1)C1CCSC1. The lowest BCUT2D eigenvalue weighted by molar-refractivity contribution is 0.424. The Morgan fingerprint density at radius 2 is 2.21 bits per heavy atom. The summed E-state index contributed by atoms with van der Waals surface area (Å²) < 4.78 is 0. The molecule has 1 aromatic heterocycles. The minimum absolute atomic E-state index is 0.149. The number of anilines is 1. The number of pyridine rings is 1. The molecule has 1 aliphatic heterocycles. The highest BCUT2D eigenvalue weighted by atomic mass is 32.2. The Balaban J connectivity index is 1.94. The number of thioether (sulfide) groups is 1. The van der Waals surface area contributed by atoms with Crippen molar-refractivity contribution in [2.75, 3.05) is 23.5 Å². The Hall–Kier alpha value is -0.740. The average Bonchev–Trinajstić information content (AvgIpc) is 2.89. The number of hydrogen-bond donors (Lipinski definition) is 1. The fraction of sp³-hybridized carbons (Fsp3) is 0.667. The Bertz CT molecular complexity index is 391. The zero-order chi connectivity index (χ0) is 13.9. The molecule has 19 heavy (non-hydrogen) atoms. The third kappa shape index (κ3) is 4.39. The average molecular weight is 279 g/mol. The summed E-state index contributed by atoms with van der Waals surface area (Å²) in [6.07, 6.45) is 3.27. The summed E-state index contributed by atoms with van der Waals surface area (Å²) in [6.45, 7) is 7.42. The minimum Gasteiger partial charge on any atom is -0.356 e. The van der Waals surface area contributed by atoms with Crippen molar-refractivity contribution in [2.45, 2.75) is 45.3 Å². The highest BCUT2D eigenvalue weighted by Gasteiger charge is 2.20. The largest absolute Gasteiger partial charge is 0.356 e. The maximum atomic E-state index is 4.60. The molecular weight excluding hydrogens is 254 g/mol. The van der Waals surface area contributed by atoms with Gasteiger partial charge in [-0.25, -0.2) is 4.98 Å². The van der Waals surface area contributed by atoms with Crippen LogP contribution in [0.4, 0.5) is 5.82 Å². The van der Waals surface area contributed by atoms with Crippen LogP contribution in [0.2, 0.25) is 0 Å². The van der Waals surface area contributed by atoms with Gasteiger partial charge in [0.25, 0.3) is 0 Å². The van der Waals surface area contributed by atoms with Gasteiger partial charge < -0.3 is 10.2 Å². The van der Waals surface area contributed by atoms with Crippen molar-refractivity contribution in [2.24, 2.45) is 0 Å². The summed E-state index contributed by atoms with van der Waals surface area (Å²) in [6, 6.07) is 4.97. The van der Waals surface area contributed by atoms with Crippen molar-refractivity contribution >= 4 is 17.6 Å². The molecule has 3 nitrogen and oxygen atoms in total. The fourth-order valence-electron chi connectivity index (χ4n) is 2.11. The lowest BCUT2D eigenvalue weighted by Gasteiger charge is -2.25. The number of nitrogens with zero attached hydrogens (tertiary/aromatic N) is 2. The normalized spacial score (nSPS) is 19.7. The van der Waals surface area contributed by atoms with Gasteiger partial charge >= 0.3 is 0 Å². The predicted molar refractivity (Wildman–Crippen MR) is 85.0 cm³/mol. The first-order chi connectivity index (χ1) is 8.96. The van der Waals surface area contributed by atoms with E-state index in [9.17, 15) is 0 Å². The van der Waals surface area contributed by atoms with Crippen molar-refractivity contribution in [3.8, 4) is 0 Å². The molecule has 1 unspecified atom stereocenters. The van der Waals surface area contributed by atoms with Crippen LogP contribution in [0.1, 0.15) is 32.8 Å². The third-order valence-corrected chi connectivity index (χ3v) is 4.59. The Kier molecular flexibility index (Phi) is 4.74. The first-order valence-corrected chi connectivity index (χ1v) is 8.12. The molecule has 0 radical (unpaired) electrons. The monoisotopic (exact) mass is 279 g/mol. The van der Waals surface area contributed by atoms with E-state index < -0.39 is 0 Å². The predicted octanol–water partition coefficient (Wildman–Crippen LogP) is 2.91. The zero-order valence-corrected chi connectivity index (χ0v) is 13.3. The molecule has 0 bridgehead atoms. The standard InChI is InChI=1S/C15H25N3S/c1-15(2,3)17-10-12-5-6-14(16-9-12)18(4)13-7-8-19-11-13/h5-6,9,13,17H,7-8,10-11H2,1-4H3. The highest BCUT2D eigenvalue weighted by Crippen LogP contribution is 2.24. The molecule has 1 aliphatic rings. The van der Waals surface area contributed by atoms with Crippen LogP contribution in [-0.2, 0) is 6.54 Å². The van der Waals surface area contributed by atoms with E-state index in [1.165, 1.54) is 23.5 Å². The molecule has 106 valence electrons. The van der Waals surface area contributed by atoms with E-state index in [0.717, 1.165) is 12.4 Å². The molecule has 1 fully saturated rings. The van der Waals surface area contributed by atoms with Crippen LogP contribution in [0.5, 0.6) is 0 Å². The van der Waals surface area contributed by atoms with Crippen LogP contribution in [0, 0.1) is 0 Å². The lowest BCUT2D eigenvalue weighted by Crippen LogP contribution is -2.35. The molecule has 1 N–H and O–H groups in total. The number of rotatable bonds is 4. The quantitative estimate of drug-likeness (QED) is 0.917. The zero-order valence-electron chi connectivity index (χ0n) is 12.4. The summed E-state index contributed by atoms with van der Waals surface area (Å²) in [7, 11) is 2.16. The molecule has 4 heteroatoms. The summed E-state index contributed by atoms with van der Waals surface area (Å²) >= 11 is 2.04. The molecule has 0 spiro atoms. The van der Waals surface area contributed by atoms with E-state index in [1.807, 2.05) is 18.0 Å². The maximum absolute atomic E-state index is 4.60. The van der Waals surface area contributed by atoms with Crippen LogP contribution in [-0.4, -0.2) is 35.1 Å². The van der Waals surface area contributed by atoms with E-state index in [1.54, 1.807) is 0 Å². The van der Waals surface area contributed by atoms with Crippen LogP contribution in [0.3, 0.4) is 0 Å². The molecular formula is C15H25N3S. The van der Waals surface area contributed by atoms with Gasteiger partial charge in [0, 0.05) is 37.1 Å². The second kappa shape index (κ2) is 6.14. The van der Waals surface area contributed by atoms with E-state index in [0.29, 0.717) is 6.04 Å². The second-order valence-electron chi connectivity index (χ2n) is 6.26. The minimum atomic E-state index is 0.149. The van der Waals surface area contributed by atoms with Gasteiger partial charge in [-0.2, -0.15) is 11.8 Å². The fourth-order valence-corrected chi connectivity index (χ4v) is 3.38. The van der Waals surface area contributed by atoms with E-state index in [4.69, 9.17) is 0 Å². The topological polar surface area (TPSA) is 28.2 Å². The molecule has 0 saturated carbocycles. The van der Waals surface area contributed by atoms with Crippen LogP contribution < -0.4 is 10.2 Å². The number of hydrogen-bond acceptors (Lipinski definition) is 4. The maximum Gasteiger partial charge on any atom is 0.128 e. The van der Waals surface area contributed by atoms with Gasteiger partial charge in [-0.3, -0.25) is 0 Å². The smallest absolute Gasteiger partial charge is 0.128 e. The van der Waals surface area contributed by atoms with Crippen LogP contribution in [0.15, 0.2) is 18.3 Å². The van der Waals surface area contributed by atoms with Gasteiger partial charge in [-0.1, -0.05) is 6.07 Å². The third-order valence-electron chi connectivity index (χ3n) is 3.45. The Morgan fingerprint density at radius 3 is 2.74 bits per heavy atom. The second-order valence-corrected chi connectivity index (χ2v) is 7.41. The molecule has 2 rings (SSSR count). The molecule has 2 heterocycles. The summed E-state index contributed by atoms with van der Waals surface area (Å²) in [5, 5.41) is 3.49. The number of aromatic nitrogens is 1. The van der Waals surface area contributed by atoms with Gasteiger partial charge in [-0.15, -0.1) is 0 Å². The van der Waals surface area contributed by atoms with Crippen LogP contribution in [0.25, 0.3) is 0 Å². The van der Waals surface area contributed by atoms with E-state index in [2.05, 4.69) is 55.2 Å². The van der Waals surface area contributed by atoms with E-state index >= 15 is 0 Å². The summed E-state index contributed by atoms with van der Waals surface area (Å²) in [5.41, 5.74) is 1.39. The first kappa shape index (κ1) is 14.7.